The molecule has 0 radical (unpaired) electrons. The van der Waals surface area contributed by atoms with Crippen LogP contribution in [0.3, 0.4) is 0 Å². The van der Waals surface area contributed by atoms with Crippen molar-refractivity contribution in [1.29, 1.82) is 0 Å². The van der Waals surface area contributed by atoms with E-state index in [-0.39, 0.29) is 28.6 Å². The third-order valence-electron chi connectivity index (χ3n) is 6.52. The number of allylic oxidation sites excluding steroid dienone is 1. The summed E-state index contributed by atoms with van der Waals surface area (Å²) in [5.74, 6) is 0. The number of hydrogen-bond acceptors (Lipinski definition) is 0. The predicted octanol–water partition coefficient (Wildman–Crippen LogP) is 1.26. The Morgan fingerprint density at radius 1 is 0.606 bits per heavy atom. The van der Waals surface area contributed by atoms with Crippen LogP contribution < -0.4 is 14.7 Å². The van der Waals surface area contributed by atoms with Crippen molar-refractivity contribution in [1.82, 2.24) is 0 Å². The zero-order valence-corrected chi connectivity index (χ0v) is 20.8. The number of fused-ring (bicyclic) bond motifs is 4. The molecule has 0 heterocycles. The molecule has 2 atom stereocenters. The van der Waals surface area contributed by atoms with E-state index in [0.29, 0.717) is 8.45 Å². The van der Waals surface area contributed by atoms with Gasteiger partial charge >= 0.3 is 196 Å². The fourth-order valence-electron chi connectivity index (χ4n) is 4.98. The minimum Gasteiger partial charge on any atom is -1.00 e. The van der Waals surface area contributed by atoms with Crippen molar-refractivity contribution in [2.45, 2.75) is 15.4 Å². The fraction of sp³-hybridized carbons (Fsp3) is 0.103. The first-order valence-electron chi connectivity index (χ1n) is 10.9. The SMILES string of the molecule is Cc1ccccc1PC1=Cc2ccccc2[CH]1[Ti+2][CH]1c2ccccc2-c2ccccc21.[F-].[F-]. The quantitative estimate of drug-likeness (QED) is 0.300. The smallest absolute Gasteiger partial charge is 1.00 e. The van der Waals surface area contributed by atoms with Gasteiger partial charge in [-0.1, -0.05) is 0 Å². The van der Waals surface area contributed by atoms with E-state index in [2.05, 4.69) is 110 Å². The molecule has 4 aromatic rings. The molecule has 6 rings (SSSR count). The minimum atomic E-state index is -0.335. The van der Waals surface area contributed by atoms with Crippen molar-refractivity contribution in [3.8, 4) is 11.1 Å². The van der Waals surface area contributed by atoms with E-state index in [1.54, 1.807) is 22.0 Å². The van der Waals surface area contributed by atoms with Crippen molar-refractivity contribution in [2.75, 3.05) is 0 Å². The number of hydrogen-bond donors (Lipinski definition) is 0. The molecule has 0 nitrogen and oxygen atoms in total. The standard InChI is InChI=1S/C16H14P.C13H9.2FH.Ti/c1-12-6-2-5-9-16(12)17-15-10-13-7-3-4-8-14(13)11-15;1-3-7-12-10(5-1)9-11-6-2-4-8-13(11)12;;;/h2-11,17H,1H3;1-9H;2*1H;/q;;;;+2/p-2. The molecule has 33 heavy (non-hydrogen) atoms. The molecule has 0 bridgehead atoms. The summed E-state index contributed by atoms with van der Waals surface area (Å²) in [7, 11) is 0.754. The first kappa shape index (κ1) is 23.8. The maximum atomic E-state index is 2.50. The van der Waals surface area contributed by atoms with E-state index in [0.717, 1.165) is 8.58 Å². The summed E-state index contributed by atoms with van der Waals surface area (Å²) >= 11 is -0.335. The van der Waals surface area contributed by atoms with Crippen molar-refractivity contribution in [3.05, 3.63) is 130 Å². The Balaban J connectivity index is 0.00000130. The molecule has 4 aromatic carbocycles. The first-order valence-corrected chi connectivity index (χ1v) is 13.7. The van der Waals surface area contributed by atoms with Crippen molar-refractivity contribution in [3.63, 3.8) is 0 Å². The Bertz CT molecular complexity index is 1290. The predicted molar refractivity (Wildman–Crippen MR) is 130 cm³/mol. The first-order chi connectivity index (χ1) is 15.3. The van der Waals surface area contributed by atoms with Crippen molar-refractivity contribution < 1.29 is 28.6 Å². The largest absolute Gasteiger partial charge is 1.00 e. The van der Waals surface area contributed by atoms with Gasteiger partial charge < -0.3 is 9.41 Å². The van der Waals surface area contributed by atoms with E-state index in [1.807, 2.05) is 0 Å². The molecule has 0 spiro atoms. The maximum absolute atomic E-state index is 2.50. The summed E-state index contributed by atoms with van der Waals surface area (Å²) in [6, 6.07) is 36.2. The van der Waals surface area contributed by atoms with Crippen LogP contribution in [0.5, 0.6) is 0 Å². The number of aryl methyl sites for hydroxylation is 1. The second-order valence-corrected chi connectivity index (χ2v) is 12.1. The van der Waals surface area contributed by atoms with Crippen LogP contribution in [0.15, 0.2) is 102 Å². The maximum Gasteiger partial charge on any atom is -1.00 e. The van der Waals surface area contributed by atoms with E-state index < -0.39 is 0 Å². The minimum absolute atomic E-state index is 0. The van der Waals surface area contributed by atoms with Crippen LogP contribution in [0.2, 0.25) is 0 Å². The normalized spacial score (nSPS) is 15.7. The zero-order chi connectivity index (χ0) is 20.8. The van der Waals surface area contributed by atoms with Gasteiger partial charge in [0.2, 0.25) is 0 Å². The number of rotatable bonds is 4. The summed E-state index contributed by atoms with van der Waals surface area (Å²) < 4.78 is 1.17. The van der Waals surface area contributed by atoms with Crippen LogP contribution in [0, 0.1) is 6.92 Å². The third kappa shape index (κ3) is 4.17. The monoisotopic (exact) mass is 488 g/mol. The van der Waals surface area contributed by atoms with E-state index in [9.17, 15) is 0 Å². The number of benzene rings is 4. The van der Waals surface area contributed by atoms with Gasteiger partial charge in [-0.25, -0.2) is 0 Å². The van der Waals surface area contributed by atoms with Gasteiger partial charge in [-0.2, -0.15) is 0 Å². The Morgan fingerprint density at radius 3 is 1.82 bits per heavy atom. The fourth-order valence-corrected chi connectivity index (χ4v) is 9.93. The molecule has 162 valence electrons. The van der Waals surface area contributed by atoms with Gasteiger partial charge in [0.05, 0.1) is 0 Å². The molecule has 0 amide bonds. The second-order valence-electron chi connectivity index (χ2n) is 8.38. The van der Waals surface area contributed by atoms with Gasteiger partial charge in [0, 0.05) is 0 Å². The van der Waals surface area contributed by atoms with Crippen molar-refractivity contribution in [2.24, 2.45) is 0 Å². The Kier molecular flexibility index (Phi) is 7.10. The summed E-state index contributed by atoms with van der Waals surface area (Å²) in [4.78, 5) is 0. The van der Waals surface area contributed by atoms with E-state index in [4.69, 9.17) is 0 Å². The molecule has 2 aliphatic rings. The molecule has 0 N–H and O–H groups in total. The molecule has 2 unspecified atom stereocenters. The molecule has 0 saturated carbocycles. The van der Waals surface area contributed by atoms with Gasteiger partial charge in [0.1, 0.15) is 0 Å². The zero-order valence-electron chi connectivity index (χ0n) is 18.2. The van der Waals surface area contributed by atoms with Crippen LogP contribution in [0.4, 0.5) is 0 Å². The summed E-state index contributed by atoms with van der Waals surface area (Å²) in [6.45, 7) is 2.25. The van der Waals surface area contributed by atoms with Crippen LogP contribution in [0.1, 0.15) is 36.3 Å². The molecule has 4 heteroatoms. The van der Waals surface area contributed by atoms with Gasteiger partial charge in [0.15, 0.2) is 0 Å². The van der Waals surface area contributed by atoms with Gasteiger partial charge in [0.25, 0.3) is 0 Å². The van der Waals surface area contributed by atoms with Gasteiger partial charge in [-0.15, -0.1) is 0 Å². The summed E-state index contributed by atoms with van der Waals surface area (Å²) in [6.07, 6.45) is 2.50. The topological polar surface area (TPSA) is 0 Å². The summed E-state index contributed by atoms with van der Waals surface area (Å²) in [5, 5.41) is 3.13. The van der Waals surface area contributed by atoms with Gasteiger partial charge in [-0.05, 0) is 0 Å². The van der Waals surface area contributed by atoms with Crippen molar-refractivity contribution >= 4 is 20.0 Å². The van der Waals surface area contributed by atoms with Crippen LogP contribution in [0.25, 0.3) is 17.2 Å². The second kappa shape index (κ2) is 9.86. The molecule has 0 aliphatic heterocycles. The average Bonchev–Trinajstić information content (AvgIpc) is 3.32. The Hall–Kier alpha value is -2.38. The molecule has 2 aliphatic carbocycles. The van der Waals surface area contributed by atoms with Crippen LogP contribution >= 0.6 is 8.58 Å². The summed E-state index contributed by atoms with van der Waals surface area (Å²) in [5.41, 5.74) is 10.4. The Morgan fingerprint density at radius 2 is 1.15 bits per heavy atom. The van der Waals surface area contributed by atoms with Crippen LogP contribution in [-0.2, 0) is 19.2 Å². The molecular weight excluding hydrogens is 465 g/mol. The van der Waals surface area contributed by atoms with Crippen LogP contribution in [-0.4, -0.2) is 0 Å². The molecular formula is C29H23F2PTi. The molecule has 0 fully saturated rings. The van der Waals surface area contributed by atoms with E-state index >= 15 is 0 Å². The third-order valence-corrected chi connectivity index (χ3v) is 11.5. The molecule has 0 saturated heterocycles. The number of halogens is 2. The average molecular weight is 488 g/mol. The molecule has 0 aromatic heterocycles. The Labute approximate surface area is 204 Å². The van der Waals surface area contributed by atoms with E-state index in [1.165, 1.54) is 27.6 Å². The van der Waals surface area contributed by atoms with Gasteiger partial charge in [-0.3, -0.25) is 0 Å².